The summed E-state index contributed by atoms with van der Waals surface area (Å²) in [4.78, 5) is 4.26. The summed E-state index contributed by atoms with van der Waals surface area (Å²) in [6, 6.07) is 3.74. The number of nitrogens with zero attached hydrogens (tertiary/aromatic N) is 5. The topological polar surface area (TPSA) is 65.7 Å². The first-order valence-electron chi connectivity index (χ1n) is 6.42. The first-order chi connectivity index (χ1) is 9.81. The second-order valence-corrected chi connectivity index (χ2v) is 5.91. The second-order valence-electron chi connectivity index (χ2n) is 4.54. The molecule has 2 aromatic heterocycles. The number of tetrazole rings is 1. The Morgan fingerprint density at radius 2 is 2.40 bits per heavy atom. The molecule has 20 heavy (non-hydrogen) atoms. The van der Waals surface area contributed by atoms with Crippen molar-refractivity contribution in [1.29, 1.82) is 0 Å². The van der Waals surface area contributed by atoms with Crippen LogP contribution in [0.15, 0.2) is 23.5 Å². The van der Waals surface area contributed by atoms with Crippen molar-refractivity contribution < 1.29 is 4.74 Å². The third kappa shape index (κ3) is 3.47. The molecule has 0 N–H and O–H groups in total. The normalized spacial score (nSPS) is 18.6. The van der Waals surface area contributed by atoms with Gasteiger partial charge in [0.1, 0.15) is 0 Å². The van der Waals surface area contributed by atoms with Crippen molar-refractivity contribution in [3.05, 3.63) is 29.0 Å². The first kappa shape index (κ1) is 13.8. The molecule has 0 saturated carbocycles. The van der Waals surface area contributed by atoms with Gasteiger partial charge < -0.3 is 4.74 Å². The lowest BCUT2D eigenvalue weighted by Gasteiger charge is -2.09. The van der Waals surface area contributed by atoms with Gasteiger partial charge in [0.05, 0.1) is 23.4 Å². The van der Waals surface area contributed by atoms with E-state index in [4.69, 9.17) is 16.3 Å². The van der Waals surface area contributed by atoms with Crippen LogP contribution in [0.2, 0.25) is 5.02 Å². The van der Waals surface area contributed by atoms with Crippen LogP contribution in [-0.4, -0.2) is 37.9 Å². The number of pyridine rings is 1. The molecule has 3 rings (SSSR count). The van der Waals surface area contributed by atoms with Gasteiger partial charge in [-0.15, -0.1) is 5.10 Å². The largest absolute Gasteiger partial charge is 0.376 e. The number of aromatic nitrogens is 5. The molecule has 1 saturated heterocycles. The van der Waals surface area contributed by atoms with E-state index in [9.17, 15) is 0 Å². The molecule has 3 heterocycles. The van der Waals surface area contributed by atoms with Crippen molar-refractivity contribution >= 4 is 23.4 Å². The Hall–Kier alpha value is -1.18. The average Bonchev–Trinajstić information content (AvgIpc) is 3.11. The maximum absolute atomic E-state index is 5.81. The lowest BCUT2D eigenvalue weighted by Crippen LogP contribution is -2.16. The lowest BCUT2D eigenvalue weighted by molar-refractivity contribution is 0.0912. The van der Waals surface area contributed by atoms with Crippen molar-refractivity contribution in [2.24, 2.45) is 0 Å². The molecule has 1 aliphatic rings. The zero-order valence-electron chi connectivity index (χ0n) is 10.8. The van der Waals surface area contributed by atoms with E-state index >= 15 is 0 Å². The Kier molecular flexibility index (Phi) is 4.49. The van der Waals surface area contributed by atoms with Crippen LogP contribution in [0, 0.1) is 0 Å². The van der Waals surface area contributed by atoms with Gasteiger partial charge in [0, 0.05) is 18.6 Å². The van der Waals surface area contributed by atoms with Crippen LogP contribution in [-0.2, 0) is 17.0 Å². The molecule has 1 fully saturated rings. The number of hydrogen-bond acceptors (Lipinski definition) is 6. The zero-order valence-corrected chi connectivity index (χ0v) is 12.3. The summed E-state index contributed by atoms with van der Waals surface area (Å²) in [5.74, 6) is 0.711. The van der Waals surface area contributed by atoms with E-state index in [0.717, 1.165) is 30.3 Å². The van der Waals surface area contributed by atoms with Gasteiger partial charge in [-0.25, -0.2) is 4.68 Å². The summed E-state index contributed by atoms with van der Waals surface area (Å²) < 4.78 is 7.41. The number of hydrogen-bond donors (Lipinski definition) is 0. The summed E-state index contributed by atoms with van der Waals surface area (Å²) in [5.41, 5.74) is 0.950. The molecule has 1 unspecified atom stereocenters. The standard InChI is InChI=1S/C12H14ClN5OS/c13-9-3-4-10(14-6-9)8-20-12-15-16-17-18(12)7-11-2-1-5-19-11/h3-4,6,11H,1-2,5,7-8H2. The van der Waals surface area contributed by atoms with Gasteiger partial charge in [-0.3, -0.25) is 4.98 Å². The smallest absolute Gasteiger partial charge is 0.209 e. The molecular weight excluding hydrogens is 298 g/mol. The highest BCUT2D eigenvalue weighted by Crippen LogP contribution is 2.21. The van der Waals surface area contributed by atoms with Gasteiger partial charge >= 0.3 is 0 Å². The molecule has 106 valence electrons. The molecule has 0 aromatic carbocycles. The van der Waals surface area contributed by atoms with Gasteiger partial charge in [-0.2, -0.15) is 0 Å². The van der Waals surface area contributed by atoms with Gasteiger partial charge in [-0.05, 0) is 35.4 Å². The molecule has 1 atom stereocenters. The lowest BCUT2D eigenvalue weighted by atomic mass is 10.2. The highest BCUT2D eigenvalue weighted by Gasteiger charge is 2.18. The fourth-order valence-electron chi connectivity index (χ4n) is 2.03. The minimum Gasteiger partial charge on any atom is -0.376 e. The number of ether oxygens (including phenoxy) is 1. The predicted molar refractivity (Wildman–Crippen MR) is 75.6 cm³/mol. The van der Waals surface area contributed by atoms with Crippen LogP contribution in [0.25, 0.3) is 0 Å². The molecule has 0 radical (unpaired) electrons. The summed E-state index contributed by atoms with van der Waals surface area (Å²) in [6.45, 7) is 1.55. The SMILES string of the molecule is Clc1ccc(CSc2nnnn2CC2CCCO2)nc1. The molecule has 1 aliphatic heterocycles. The Morgan fingerprint density at radius 3 is 3.15 bits per heavy atom. The van der Waals surface area contributed by atoms with Crippen LogP contribution >= 0.6 is 23.4 Å². The maximum Gasteiger partial charge on any atom is 0.209 e. The fraction of sp³-hybridized carbons (Fsp3) is 0.500. The molecular formula is C12H14ClN5OS. The van der Waals surface area contributed by atoms with E-state index < -0.39 is 0 Å². The van der Waals surface area contributed by atoms with E-state index in [-0.39, 0.29) is 6.10 Å². The number of thioether (sulfide) groups is 1. The van der Waals surface area contributed by atoms with E-state index in [1.165, 1.54) is 0 Å². The van der Waals surface area contributed by atoms with Gasteiger partial charge in [0.2, 0.25) is 5.16 Å². The van der Waals surface area contributed by atoms with Crippen molar-refractivity contribution in [3.63, 3.8) is 0 Å². The Morgan fingerprint density at radius 1 is 1.45 bits per heavy atom. The highest BCUT2D eigenvalue weighted by atomic mass is 35.5. The van der Waals surface area contributed by atoms with E-state index in [0.29, 0.717) is 17.3 Å². The van der Waals surface area contributed by atoms with Crippen molar-refractivity contribution in [2.45, 2.75) is 36.4 Å². The Bertz CT molecular complexity index is 555. The quantitative estimate of drug-likeness (QED) is 0.789. The third-order valence-electron chi connectivity index (χ3n) is 3.04. The highest BCUT2D eigenvalue weighted by molar-refractivity contribution is 7.98. The number of rotatable bonds is 5. The minimum atomic E-state index is 0.228. The summed E-state index contributed by atoms with van der Waals surface area (Å²) in [7, 11) is 0. The average molecular weight is 312 g/mol. The van der Waals surface area contributed by atoms with Crippen molar-refractivity contribution in [1.82, 2.24) is 25.2 Å². The third-order valence-corrected chi connectivity index (χ3v) is 4.25. The van der Waals surface area contributed by atoms with Crippen molar-refractivity contribution in [3.8, 4) is 0 Å². The van der Waals surface area contributed by atoms with E-state index in [2.05, 4.69) is 20.5 Å². The van der Waals surface area contributed by atoms with Crippen LogP contribution < -0.4 is 0 Å². The minimum absolute atomic E-state index is 0.228. The van der Waals surface area contributed by atoms with Crippen LogP contribution in [0.5, 0.6) is 0 Å². The number of halogens is 1. The summed E-state index contributed by atoms with van der Waals surface area (Å²) >= 11 is 7.37. The van der Waals surface area contributed by atoms with Crippen LogP contribution in [0.1, 0.15) is 18.5 Å². The molecule has 0 amide bonds. The first-order valence-corrected chi connectivity index (χ1v) is 7.78. The van der Waals surface area contributed by atoms with E-state index in [1.807, 2.05) is 12.1 Å². The fourth-order valence-corrected chi connectivity index (χ4v) is 2.94. The Labute approximate surface area is 125 Å². The predicted octanol–water partition coefficient (Wildman–Crippen LogP) is 2.19. The van der Waals surface area contributed by atoms with Crippen LogP contribution in [0.3, 0.4) is 0 Å². The van der Waals surface area contributed by atoms with Gasteiger partial charge in [-0.1, -0.05) is 23.4 Å². The second kappa shape index (κ2) is 6.51. The van der Waals surface area contributed by atoms with Crippen molar-refractivity contribution in [2.75, 3.05) is 6.61 Å². The van der Waals surface area contributed by atoms with Gasteiger partial charge in [0.15, 0.2) is 0 Å². The molecule has 0 spiro atoms. The summed E-state index contributed by atoms with van der Waals surface area (Å²) in [6.07, 6.45) is 4.06. The summed E-state index contributed by atoms with van der Waals surface area (Å²) in [5, 5.41) is 13.2. The van der Waals surface area contributed by atoms with Gasteiger partial charge in [0.25, 0.3) is 0 Å². The molecule has 8 heteroatoms. The monoisotopic (exact) mass is 311 g/mol. The molecule has 0 aliphatic carbocycles. The Balaban J connectivity index is 1.59. The van der Waals surface area contributed by atoms with E-state index in [1.54, 1.807) is 22.6 Å². The van der Waals surface area contributed by atoms with Crippen LogP contribution in [0.4, 0.5) is 0 Å². The molecule has 0 bridgehead atoms. The molecule has 2 aromatic rings. The molecule has 6 nitrogen and oxygen atoms in total. The maximum atomic E-state index is 5.81. The zero-order chi connectivity index (χ0) is 13.8.